The van der Waals surface area contributed by atoms with Crippen molar-refractivity contribution in [2.24, 2.45) is 5.92 Å². The second-order valence-corrected chi connectivity index (χ2v) is 12.5. The van der Waals surface area contributed by atoms with Crippen molar-refractivity contribution in [3.8, 4) is 5.75 Å². The van der Waals surface area contributed by atoms with Gasteiger partial charge in [-0.3, -0.25) is 23.7 Å². The van der Waals surface area contributed by atoms with E-state index in [-0.39, 0.29) is 6.54 Å². The summed E-state index contributed by atoms with van der Waals surface area (Å²) in [5, 5.41) is 1.92. The van der Waals surface area contributed by atoms with E-state index in [0.717, 1.165) is 40.8 Å². The molecule has 1 aromatic heterocycles. The van der Waals surface area contributed by atoms with E-state index in [0.29, 0.717) is 31.8 Å². The number of carbonyl (C=O) groups is 3. The van der Waals surface area contributed by atoms with E-state index < -0.39 is 57.1 Å². The van der Waals surface area contributed by atoms with Crippen LogP contribution in [0.4, 0.5) is 24.5 Å². The summed E-state index contributed by atoms with van der Waals surface area (Å²) in [5.41, 5.74) is 0.300. The highest BCUT2D eigenvalue weighted by atomic mass is 32.2. The summed E-state index contributed by atoms with van der Waals surface area (Å²) in [4.78, 5) is 55.0. The number of hydrogen-bond donors (Lipinski definition) is 1. The van der Waals surface area contributed by atoms with Gasteiger partial charge >= 0.3 is 11.0 Å². The lowest BCUT2D eigenvalue weighted by Crippen LogP contribution is -2.33. The molecule has 0 bridgehead atoms. The smallest absolute Gasteiger partial charge is 0.418 e. The third-order valence-electron chi connectivity index (χ3n) is 7.58. The fourth-order valence-electron chi connectivity index (χ4n) is 5.73. The normalized spacial score (nSPS) is 19.5. The number of carbonyl (C=O) groups excluding carboxylic acids is 3. The quantitative estimate of drug-likeness (QED) is 0.273. The lowest BCUT2D eigenvalue weighted by molar-refractivity contribution is -0.137. The van der Waals surface area contributed by atoms with Gasteiger partial charge in [0.05, 0.1) is 29.3 Å². The number of nitrogens with zero attached hydrogens (tertiary/aromatic N) is 2. The highest BCUT2D eigenvalue weighted by Crippen LogP contribution is 2.55. The number of imide groups is 1. The Kier molecular flexibility index (Phi) is 7.62. The van der Waals surface area contributed by atoms with E-state index in [1.807, 2.05) is 13.0 Å². The minimum absolute atomic E-state index is 0.309. The number of halogens is 3. The van der Waals surface area contributed by atoms with Crippen LogP contribution in [-0.4, -0.2) is 34.6 Å². The van der Waals surface area contributed by atoms with Gasteiger partial charge in [0.15, 0.2) is 0 Å². The second kappa shape index (κ2) is 11.3. The van der Waals surface area contributed by atoms with E-state index in [2.05, 4.69) is 5.32 Å². The molecule has 0 aliphatic carbocycles. The summed E-state index contributed by atoms with van der Waals surface area (Å²) in [5.74, 6) is -3.77. The van der Waals surface area contributed by atoms with Crippen LogP contribution in [0.15, 0.2) is 82.6 Å². The molecule has 0 saturated carbocycles. The highest BCUT2D eigenvalue weighted by Gasteiger charge is 2.58. The van der Waals surface area contributed by atoms with Crippen LogP contribution in [0.5, 0.6) is 5.75 Å². The third kappa shape index (κ3) is 5.09. The van der Waals surface area contributed by atoms with Crippen LogP contribution in [0.3, 0.4) is 0 Å². The van der Waals surface area contributed by atoms with Gasteiger partial charge in [0.25, 0.3) is 0 Å². The minimum Gasteiger partial charge on any atom is -0.496 e. The van der Waals surface area contributed by atoms with Gasteiger partial charge in [-0.2, -0.15) is 13.2 Å². The van der Waals surface area contributed by atoms with Gasteiger partial charge in [-0.25, -0.2) is 4.90 Å². The fraction of sp³-hybridized carbons (Fsp3) is 0.226. The van der Waals surface area contributed by atoms with Crippen molar-refractivity contribution < 1.29 is 32.3 Å². The minimum atomic E-state index is -4.82. The van der Waals surface area contributed by atoms with Crippen molar-refractivity contribution in [2.75, 3.05) is 17.3 Å². The number of rotatable bonds is 6. The number of ether oxygens (including phenoxy) is 1. The summed E-state index contributed by atoms with van der Waals surface area (Å²) in [6.07, 6.45) is -4.82. The molecule has 1 N–H and O–H groups in total. The average Bonchev–Trinajstić information content (AvgIpc) is 3.42. The molecular formula is C31H24F3N3O5S2. The van der Waals surface area contributed by atoms with Crippen LogP contribution in [0.1, 0.15) is 27.5 Å². The van der Waals surface area contributed by atoms with Crippen molar-refractivity contribution in [1.82, 2.24) is 4.57 Å². The number of fused-ring (bicyclic) bond motifs is 2. The Labute approximate surface area is 257 Å². The average molecular weight is 640 g/mol. The Morgan fingerprint density at radius 1 is 0.977 bits per heavy atom. The van der Waals surface area contributed by atoms with Crippen molar-refractivity contribution in [2.45, 2.75) is 35.8 Å². The maximum atomic E-state index is 14.1. The second-order valence-electron chi connectivity index (χ2n) is 10.4. The molecule has 3 unspecified atom stereocenters. The number of amides is 3. The summed E-state index contributed by atoms with van der Waals surface area (Å²) < 4.78 is 48.8. The van der Waals surface area contributed by atoms with Gasteiger partial charge in [0.2, 0.25) is 17.7 Å². The Morgan fingerprint density at radius 3 is 2.43 bits per heavy atom. The van der Waals surface area contributed by atoms with Crippen LogP contribution in [0, 0.1) is 12.8 Å². The molecule has 1 fully saturated rings. The number of aromatic nitrogens is 1. The highest BCUT2D eigenvalue weighted by molar-refractivity contribution is 8.00. The standard InChI is InChI=1S/C31H24F3N3O5S2/c1-16-8-7-9-17(14-16)35-22(38)15-36-29-26(44-30(36)41)23(18-10-3-6-13-21(18)42-2)24-25(43-29)28(40)37(27(24)39)20-12-5-4-11-19(20)31(32,33)34/h3-14,23-25H,15H2,1-2H3,(H,35,38). The summed E-state index contributed by atoms with van der Waals surface area (Å²) in [6.45, 7) is 1.50. The molecule has 2 aliphatic rings. The topological polar surface area (TPSA) is 97.7 Å². The summed E-state index contributed by atoms with van der Waals surface area (Å²) in [7, 11) is 1.44. The lowest BCUT2D eigenvalue weighted by atomic mass is 9.82. The fourth-order valence-corrected chi connectivity index (χ4v) is 8.49. The first-order valence-electron chi connectivity index (χ1n) is 13.4. The number of thiazole rings is 1. The zero-order valence-corrected chi connectivity index (χ0v) is 24.9. The summed E-state index contributed by atoms with van der Waals surface area (Å²) in [6, 6.07) is 18.4. The molecule has 2 aliphatic heterocycles. The molecular weight excluding hydrogens is 615 g/mol. The van der Waals surface area contributed by atoms with Crippen LogP contribution in [0.2, 0.25) is 0 Å². The van der Waals surface area contributed by atoms with Gasteiger partial charge in [-0.1, -0.05) is 65.6 Å². The maximum absolute atomic E-state index is 14.1. The Bertz CT molecular complexity index is 1870. The largest absolute Gasteiger partial charge is 0.496 e. The number of anilines is 2. The van der Waals surface area contributed by atoms with Crippen LogP contribution in [0.25, 0.3) is 0 Å². The van der Waals surface area contributed by atoms with E-state index >= 15 is 0 Å². The monoisotopic (exact) mass is 639 g/mol. The van der Waals surface area contributed by atoms with Crippen LogP contribution in [-0.2, 0) is 27.1 Å². The Morgan fingerprint density at radius 2 is 1.70 bits per heavy atom. The molecule has 0 radical (unpaired) electrons. The number of benzene rings is 3. The number of aryl methyl sites for hydroxylation is 1. The number of thioether (sulfide) groups is 1. The molecule has 4 aromatic rings. The number of alkyl halides is 3. The van der Waals surface area contributed by atoms with Crippen molar-refractivity contribution >= 4 is 52.2 Å². The predicted octanol–water partition coefficient (Wildman–Crippen LogP) is 5.68. The maximum Gasteiger partial charge on any atom is 0.418 e. The number of methoxy groups -OCH3 is 1. The first-order chi connectivity index (χ1) is 21.0. The summed E-state index contributed by atoms with van der Waals surface area (Å²) >= 11 is 1.76. The van der Waals surface area contributed by atoms with Gasteiger partial charge in [0.1, 0.15) is 17.5 Å². The first kappa shape index (κ1) is 29.7. The Balaban J connectivity index is 1.46. The molecule has 3 aromatic carbocycles. The molecule has 44 heavy (non-hydrogen) atoms. The van der Waals surface area contributed by atoms with Gasteiger partial charge in [-0.15, -0.1) is 0 Å². The van der Waals surface area contributed by atoms with Gasteiger partial charge in [-0.05, 0) is 42.8 Å². The number of hydrogen-bond acceptors (Lipinski definition) is 7. The van der Waals surface area contributed by atoms with Crippen molar-refractivity contribution in [1.29, 1.82) is 0 Å². The van der Waals surface area contributed by atoms with Gasteiger partial charge in [0, 0.05) is 22.0 Å². The molecule has 1 saturated heterocycles. The van der Waals surface area contributed by atoms with Crippen LogP contribution >= 0.6 is 23.1 Å². The van der Waals surface area contributed by atoms with E-state index in [1.165, 1.54) is 23.8 Å². The van der Waals surface area contributed by atoms with Crippen molar-refractivity contribution in [3.05, 3.63) is 104 Å². The van der Waals surface area contributed by atoms with E-state index in [4.69, 9.17) is 4.74 Å². The molecule has 13 heteroatoms. The Hall–Kier alpha value is -4.36. The lowest BCUT2D eigenvalue weighted by Gasteiger charge is -2.31. The number of nitrogens with one attached hydrogen (secondary N) is 1. The predicted molar refractivity (Wildman–Crippen MR) is 160 cm³/mol. The van der Waals surface area contributed by atoms with E-state index in [1.54, 1.807) is 42.5 Å². The molecule has 6 rings (SSSR count). The molecule has 3 atom stereocenters. The first-order valence-corrected chi connectivity index (χ1v) is 15.1. The molecule has 3 heterocycles. The zero-order chi connectivity index (χ0) is 31.3. The van der Waals surface area contributed by atoms with E-state index in [9.17, 15) is 32.3 Å². The third-order valence-corrected chi connectivity index (χ3v) is 10.2. The SMILES string of the molecule is COc1ccccc1C1c2sc(=O)n(CC(=O)Nc3cccc(C)c3)c2SC2C(=O)N(c3ccccc3C(F)(F)F)C(=O)C21. The molecule has 8 nitrogen and oxygen atoms in total. The molecule has 3 amide bonds. The zero-order valence-electron chi connectivity index (χ0n) is 23.3. The van der Waals surface area contributed by atoms with Crippen LogP contribution < -0.4 is 19.8 Å². The van der Waals surface area contributed by atoms with Gasteiger partial charge < -0.3 is 10.1 Å². The van der Waals surface area contributed by atoms with Crippen molar-refractivity contribution in [3.63, 3.8) is 0 Å². The number of para-hydroxylation sites is 2. The molecule has 0 spiro atoms. The molecule has 226 valence electrons.